The molecule has 0 amide bonds. The van der Waals surface area contributed by atoms with Crippen molar-refractivity contribution in [3.63, 3.8) is 0 Å². The van der Waals surface area contributed by atoms with Gasteiger partial charge in [-0.3, -0.25) is 4.57 Å². The fourth-order valence-corrected chi connectivity index (χ4v) is 2.98. The van der Waals surface area contributed by atoms with Crippen LogP contribution in [0.5, 0.6) is 0 Å². The van der Waals surface area contributed by atoms with Crippen LogP contribution in [0, 0.1) is 11.6 Å². The van der Waals surface area contributed by atoms with Crippen LogP contribution in [0.25, 0.3) is 0 Å². The average molecular weight is 336 g/mol. The molecule has 0 spiro atoms. The summed E-state index contributed by atoms with van der Waals surface area (Å²) in [5.41, 5.74) is -0.203. The van der Waals surface area contributed by atoms with Gasteiger partial charge in [-0.05, 0) is 26.0 Å². The molecule has 1 aromatic carbocycles. The number of benzene rings is 1. The first-order valence-corrected chi connectivity index (χ1v) is 8.34. The Bertz CT molecular complexity index is 755. The zero-order chi connectivity index (χ0) is 15.8. The van der Waals surface area contributed by atoms with Crippen molar-refractivity contribution >= 4 is 19.7 Å². The fourth-order valence-electron chi connectivity index (χ4n) is 1.97. The van der Waals surface area contributed by atoms with Gasteiger partial charge in [0.15, 0.2) is 0 Å². The van der Waals surface area contributed by atoms with Crippen molar-refractivity contribution in [1.82, 2.24) is 14.8 Å². The second kappa shape index (κ2) is 5.69. The van der Waals surface area contributed by atoms with Gasteiger partial charge in [-0.15, -0.1) is 10.2 Å². The number of aromatic nitrogens is 3. The lowest BCUT2D eigenvalue weighted by Crippen LogP contribution is -2.13. The summed E-state index contributed by atoms with van der Waals surface area (Å²) in [6, 6.07) is 3.14. The Labute approximate surface area is 125 Å². The summed E-state index contributed by atoms with van der Waals surface area (Å²) in [6.45, 7) is 3.38. The molecule has 0 unspecified atom stereocenters. The molecule has 0 aliphatic carbocycles. The van der Waals surface area contributed by atoms with E-state index in [4.69, 9.17) is 10.7 Å². The Balaban J connectivity index is 2.54. The van der Waals surface area contributed by atoms with Gasteiger partial charge in [0.05, 0.1) is 0 Å². The summed E-state index contributed by atoms with van der Waals surface area (Å²) in [7, 11) is 1.19. The minimum Gasteiger partial charge on any atom is -0.298 e. The Morgan fingerprint density at radius 1 is 1.24 bits per heavy atom. The van der Waals surface area contributed by atoms with E-state index in [9.17, 15) is 17.2 Å². The fraction of sp³-hybridized carbons (Fsp3) is 0.333. The van der Waals surface area contributed by atoms with E-state index in [1.807, 2.05) is 0 Å². The second-order valence-electron chi connectivity index (χ2n) is 4.68. The lowest BCUT2D eigenvalue weighted by molar-refractivity contribution is 0.505. The standard InChI is InChI=1S/C12H12ClF2N3O2S/c1-7(2)18-11(16-17-12(18)21(13,19)20)6-8-9(14)4-3-5-10(8)15/h3-5,7H,6H2,1-2H3. The third-order valence-corrected chi connectivity index (χ3v) is 3.99. The lowest BCUT2D eigenvalue weighted by Gasteiger charge is -2.13. The van der Waals surface area contributed by atoms with Crippen LogP contribution in [-0.4, -0.2) is 23.2 Å². The number of hydrogen-bond donors (Lipinski definition) is 0. The zero-order valence-electron chi connectivity index (χ0n) is 11.2. The van der Waals surface area contributed by atoms with Crippen LogP contribution in [0.3, 0.4) is 0 Å². The minimum absolute atomic E-state index is 0.119. The molecule has 114 valence electrons. The normalized spacial score (nSPS) is 12.1. The molecule has 0 atom stereocenters. The topological polar surface area (TPSA) is 64.8 Å². The maximum atomic E-state index is 13.7. The van der Waals surface area contributed by atoms with Gasteiger partial charge < -0.3 is 0 Å². The minimum atomic E-state index is -4.10. The molecular weight excluding hydrogens is 324 g/mol. The highest BCUT2D eigenvalue weighted by atomic mass is 35.7. The lowest BCUT2D eigenvalue weighted by atomic mass is 10.1. The monoisotopic (exact) mass is 335 g/mol. The average Bonchev–Trinajstić information content (AvgIpc) is 2.77. The highest BCUT2D eigenvalue weighted by Gasteiger charge is 2.25. The molecule has 0 bridgehead atoms. The summed E-state index contributed by atoms with van der Waals surface area (Å²) >= 11 is 0. The third-order valence-electron chi connectivity index (χ3n) is 2.87. The van der Waals surface area contributed by atoms with Gasteiger partial charge in [0.25, 0.3) is 14.2 Å². The molecule has 0 saturated carbocycles. The van der Waals surface area contributed by atoms with Crippen molar-refractivity contribution < 1.29 is 17.2 Å². The summed E-state index contributed by atoms with van der Waals surface area (Å²) in [5, 5.41) is 6.77. The summed E-state index contributed by atoms with van der Waals surface area (Å²) in [4.78, 5) is 0. The summed E-state index contributed by atoms with van der Waals surface area (Å²) in [6.07, 6.45) is -0.226. The molecule has 0 saturated heterocycles. The maximum absolute atomic E-state index is 13.7. The van der Waals surface area contributed by atoms with Gasteiger partial charge in [-0.25, -0.2) is 17.2 Å². The van der Waals surface area contributed by atoms with Crippen molar-refractivity contribution in [3.05, 3.63) is 41.2 Å². The summed E-state index contributed by atoms with van der Waals surface area (Å²) in [5.74, 6) is -1.35. The Morgan fingerprint density at radius 3 is 2.29 bits per heavy atom. The number of rotatable bonds is 4. The maximum Gasteiger partial charge on any atom is 0.296 e. The third kappa shape index (κ3) is 3.21. The van der Waals surface area contributed by atoms with Gasteiger partial charge in [-0.1, -0.05) is 6.07 Å². The smallest absolute Gasteiger partial charge is 0.296 e. The van der Waals surface area contributed by atoms with E-state index in [0.717, 1.165) is 12.1 Å². The second-order valence-corrected chi connectivity index (χ2v) is 7.14. The predicted octanol–water partition coefficient (Wildman–Crippen LogP) is 2.66. The highest BCUT2D eigenvalue weighted by Crippen LogP contribution is 2.22. The molecule has 0 aliphatic rings. The van der Waals surface area contributed by atoms with Crippen LogP contribution >= 0.6 is 10.7 Å². The highest BCUT2D eigenvalue weighted by molar-refractivity contribution is 8.13. The van der Waals surface area contributed by atoms with Crippen molar-refractivity contribution in [2.24, 2.45) is 0 Å². The van der Waals surface area contributed by atoms with Crippen LogP contribution in [0.15, 0.2) is 23.4 Å². The van der Waals surface area contributed by atoms with E-state index in [0.29, 0.717) is 0 Å². The van der Waals surface area contributed by atoms with Crippen LogP contribution < -0.4 is 0 Å². The molecule has 2 aromatic rings. The van der Waals surface area contributed by atoms with Gasteiger partial charge in [0, 0.05) is 28.7 Å². The molecule has 2 rings (SSSR count). The molecule has 0 radical (unpaired) electrons. The van der Waals surface area contributed by atoms with E-state index in [2.05, 4.69) is 10.2 Å². The van der Waals surface area contributed by atoms with Crippen LogP contribution in [0.4, 0.5) is 8.78 Å². The number of hydrogen-bond acceptors (Lipinski definition) is 4. The number of nitrogens with zero attached hydrogens (tertiary/aromatic N) is 3. The SMILES string of the molecule is CC(C)n1c(Cc2c(F)cccc2F)nnc1S(=O)(=O)Cl. The molecule has 0 aliphatic heterocycles. The van der Waals surface area contributed by atoms with Crippen molar-refractivity contribution in [1.29, 1.82) is 0 Å². The van der Waals surface area contributed by atoms with Crippen LogP contribution in [0.2, 0.25) is 0 Å². The van der Waals surface area contributed by atoms with E-state index >= 15 is 0 Å². The summed E-state index contributed by atoms with van der Waals surface area (Å²) < 4.78 is 51.5. The first-order valence-electron chi connectivity index (χ1n) is 6.03. The Morgan fingerprint density at radius 2 is 1.81 bits per heavy atom. The van der Waals surface area contributed by atoms with Gasteiger partial charge >= 0.3 is 0 Å². The quantitative estimate of drug-likeness (QED) is 0.806. The molecule has 5 nitrogen and oxygen atoms in total. The molecular formula is C12H12ClF2N3O2S. The van der Waals surface area contributed by atoms with Crippen LogP contribution in [0.1, 0.15) is 31.3 Å². The first-order chi connectivity index (χ1) is 9.71. The zero-order valence-corrected chi connectivity index (χ0v) is 12.8. The van der Waals surface area contributed by atoms with Gasteiger partial charge in [0.1, 0.15) is 17.5 Å². The van der Waals surface area contributed by atoms with E-state index in [1.165, 1.54) is 10.6 Å². The first kappa shape index (κ1) is 15.8. The van der Waals surface area contributed by atoms with Gasteiger partial charge in [0.2, 0.25) is 0 Å². The Kier molecular flexibility index (Phi) is 4.29. The molecule has 1 aromatic heterocycles. The van der Waals surface area contributed by atoms with Crippen molar-refractivity contribution in [3.8, 4) is 0 Å². The molecule has 0 fully saturated rings. The van der Waals surface area contributed by atoms with Crippen molar-refractivity contribution in [2.75, 3.05) is 0 Å². The van der Waals surface area contributed by atoms with Crippen molar-refractivity contribution in [2.45, 2.75) is 31.5 Å². The van der Waals surface area contributed by atoms with E-state index in [-0.39, 0.29) is 23.9 Å². The van der Waals surface area contributed by atoms with E-state index < -0.39 is 25.8 Å². The van der Waals surface area contributed by atoms with Crippen LogP contribution in [-0.2, 0) is 15.5 Å². The van der Waals surface area contributed by atoms with E-state index in [1.54, 1.807) is 13.8 Å². The van der Waals surface area contributed by atoms with Gasteiger partial charge in [-0.2, -0.15) is 0 Å². The molecule has 21 heavy (non-hydrogen) atoms. The molecule has 1 heterocycles. The molecule has 0 N–H and O–H groups in total. The predicted molar refractivity (Wildman–Crippen MR) is 72.6 cm³/mol. The number of halogens is 3. The Hall–Kier alpha value is -1.54. The largest absolute Gasteiger partial charge is 0.298 e. The molecule has 9 heteroatoms.